The normalized spacial score (nSPS) is 11.1. The minimum atomic E-state index is 0.653. The molecular weight excluding hydrogens is 1100 g/mol. The van der Waals surface area contributed by atoms with Crippen LogP contribution in [0.2, 0.25) is 0 Å². The molecule has 4 aromatic carbocycles. The highest BCUT2D eigenvalue weighted by Gasteiger charge is 2.21. The smallest absolute Gasteiger partial charge is 0.143 e. The Hall–Kier alpha value is 1.48. The van der Waals surface area contributed by atoms with Crippen LogP contribution in [-0.2, 0) is 0 Å². The minimum Gasteiger partial charge on any atom is -0.455 e. The number of benzene rings is 4. The van der Waals surface area contributed by atoms with Crippen LogP contribution in [0.3, 0.4) is 0 Å². The van der Waals surface area contributed by atoms with E-state index in [2.05, 4.69) is 159 Å². The van der Waals surface area contributed by atoms with Crippen LogP contribution in [0.1, 0.15) is 0 Å². The fourth-order valence-electron chi connectivity index (χ4n) is 3.24. The van der Waals surface area contributed by atoms with Gasteiger partial charge < -0.3 is 4.74 Å². The van der Waals surface area contributed by atoms with Crippen molar-refractivity contribution in [2.75, 3.05) is 0 Å². The minimum absolute atomic E-state index is 0.653. The van der Waals surface area contributed by atoms with Gasteiger partial charge in [-0.25, -0.2) is 0 Å². The zero-order valence-electron chi connectivity index (χ0n) is 16.8. The van der Waals surface area contributed by atoms with Crippen molar-refractivity contribution in [3.8, 4) is 33.8 Å². The second-order valence-corrected chi connectivity index (χ2v) is 15.4. The third kappa shape index (κ3) is 6.30. The molecule has 0 fully saturated rings. The lowest BCUT2D eigenvalue weighted by molar-refractivity contribution is 0.476. The topological polar surface area (TPSA) is 9.23 Å². The maximum Gasteiger partial charge on any atom is 0.143 e. The zero-order valence-corrected chi connectivity index (χ0v) is 32.7. The van der Waals surface area contributed by atoms with E-state index in [0.29, 0.717) is 11.5 Å². The van der Waals surface area contributed by atoms with Crippen molar-refractivity contribution in [2.45, 2.75) is 0 Å². The fraction of sp³-hybridized carbons (Fsp3) is 0. The molecule has 0 atom stereocenters. The van der Waals surface area contributed by atoms with Crippen LogP contribution in [0.5, 0.6) is 11.5 Å². The molecule has 4 aromatic rings. The number of hydrogen-bond donors (Lipinski definition) is 0. The third-order valence-corrected chi connectivity index (χ3v) is 14.1. The van der Waals surface area contributed by atoms with Crippen molar-refractivity contribution in [1.29, 1.82) is 0 Å². The summed E-state index contributed by atoms with van der Waals surface area (Å²) < 4.78 is 15.5. The largest absolute Gasteiger partial charge is 0.455 e. The summed E-state index contributed by atoms with van der Waals surface area (Å²) in [5, 5.41) is 0. The van der Waals surface area contributed by atoms with Gasteiger partial charge in [0.25, 0.3) is 0 Å². The molecule has 11 heteroatoms. The van der Waals surface area contributed by atoms with Gasteiger partial charge in [-0.05, 0) is 143 Å². The highest BCUT2D eigenvalue weighted by molar-refractivity contribution is 9.15. The lowest BCUT2D eigenvalue weighted by atomic mass is 10.0. The first-order chi connectivity index (χ1) is 16.5. The second kappa shape index (κ2) is 12.3. The first kappa shape index (κ1) is 29.5. The Labute approximate surface area is 286 Å². The van der Waals surface area contributed by atoms with Gasteiger partial charge in [0.05, 0.1) is 17.9 Å². The highest BCUT2D eigenvalue weighted by atomic mass is 79.9. The molecule has 0 heterocycles. The molecule has 0 N–H and O–H groups in total. The summed E-state index contributed by atoms with van der Waals surface area (Å²) in [7, 11) is 0. The predicted octanol–water partition coefficient (Wildman–Crippen LogP) is 14.4. The maximum absolute atomic E-state index is 6.52. The van der Waals surface area contributed by atoms with Gasteiger partial charge >= 0.3 is 0 Å². The SMILES string of the molecule is Brc1ccc(-c2cc(Oc3cc(-c4ccc(Br)cc4Br)c(Br)c(Br)c3Br)c(Br)c(Br)c2Br)c(Br)c1. The van der Waals surface area contributed by atoms with E-state index < -0.39 is 0 Å². The summed E-state index contributed by atoms with van der Waals surface area (Å²) in [6, 6.07) is 16.2. The van der Waals surface area contributed by atoms with Gasteiger partial charge in [0.1, 0.15) is 11.5 Å². The van der Waals surface area contributed by atoms with E-state index in [1.165, 1.54) is 0 Å². The van der Waals surface area contributed by atoms with Gasteiger partial charge in [-0.15, -0.1) is 0 Å². The van der Waals surface area contributed by atoms with Crippen molar-refractivity contribution >= 4 is 159 Å². The van der Waals surface area contributed by atoms with Gasteiger partial charge in [0.2, 0.25) is 0 Å². The Balaban J connectivity index is 1.88. The van der Waals surface area contributed by atoms with E-state index in [9.17, 15) is 0 Å². The van der Waals surface area contributed by atoms with Gasteiger partial charge in [0, 0.05) is 38.0 Å². The molecule has 0 aliphatic carbocycles. The summed E-state index contributed by atoms with van der Waals surface area (Å²) >= 11 is 36.7. The van der Waals surface area contributed by atoms with E-state index in [-0.39, 0.29) is 0 Å². The van der Waals surface area contributed by atoms with E-state index in [0.717, 1.165) is 67.0 Å². The standard InChI is InChI=1S/C24H8Br10O/c25-9-1-3-11(15(27)5-9)13-7-17(21(31)23(33)19(13)29)35-18-8-14(20(30)24(34)22(18)32)12-4-2-10(26)6-16(12)28/h1-8H. The first-order valence-corrected chi connectivity index (χ1v) is 17.4. The number of halogens is 10. The lowest BCUT2D eigenvalue weighted by Gasteiger charge is -2.18. The average Bonchev–Trinajstić information content (AvgIpc) is 2.80. The molecule has 0 amide bonds. The Morgan fingerprint density at radius 2 is 0.743 bits per heavy atom. The van der Waals surface area contributed by atoms with Crippen molar-refractivity contribution in [3.63, 3.8) is 0 Å². The Bertz CT molecular complexity index is 1370. The fourth-order valence-corrected chi connectivity index (χ4v) is 8.95. The van der Waals surface area contributed by atoms with Crippen LogP contribution >= 0.6 is 159 Å². The van der Waals surface area contributed by atoms with E-state index in [1.54, 1.807) is 0 Å². The quantitative estimate of drug-likeness (QED) is 0.185. The van der Waals surface area contributed by atoms with E-state index in [4.69, 9.17) is 4.74 Å². The van der Waals surface area contributed by atoms with Crippen molar-refractivity contribution in [1.82, 2.24) is 0 Å². The summed E-state index contributed by atoms with van der Waals surface area (Å²) in [6.45, 7) is 0. The lowest BCUT2D eigenvalue weighted by Crippen LogP contribution is -1.94. The van der Waals surface area contributed by atoms with Crippen molar-refractivity contribution in [3.05, 3.63) is 93.3 Å². The molecule has 0 radical (unpaired) electrons. The van der Waals surface area contributed by atoms with E-state index >= 15 is 0 Å². The zero-order chi connectivity index (χ0) is 25.6. The molecule has 0 aliphatic heterocycles. The molecule has 0 saturated carbocycles. The number of hydrogen-bond acceptors (Lipinski definition) is 1. The van der Waals surface area contributed by atoms with Crippen LogP contribution in [0.4, 0.5) is 0 Å². The summed E-state index contributed by atoms with van der Waals surface area (Å²) in [5.74, 6) is 1.31. The van der Waals surface area contributed by atoms with Crippen LogP contribution in [-0.4, -0.2) is 0 Å². The molecular formula is C24H8Br10O. The first-order valence-electron chi connectivity index (χ1n) is 9.43. The maximum atomic E-state index is 6.52. The van der Waals surface area contributed by atoms with Crippen LogP contribution in [0, 0.1) is 0 Å². The van der Waals surface area contributed by atoms with Crippen molar-refractivity contribution < 1.29 is 4.74 Å². The average molecular weight is 1110 g/mol. The summed E-state index contributed by atoms with van der Waals surface area (Å²) in [5.41, 5.74) is 3.98. The highest BCUT2D eigenvalue weighted by Crippen LogP contribution is 2.50. The molecule has 180 valence electrons. The van der Waals surface area contributed by atoms with Gasteiger partial charge in [-0.2, -0.15) is 0 Å². The molecule has 1 nitrogen and oxygen atoms in total. The molecule has 4 rings (SSSR count). The molecule has 0 saturated heterocycles. The Morgan fingerprint density at radius 3 is 1.09 bits per heavy atom. The van der Waals surface area contributed by atoms with Gasteiger partial charge in [-0.1, -0.05) is 75.9 Å². The summed E-state index contributed by atoms with van der Waals surface area (Å²) in [6.07, 6.45) is 0. The van der Waals surface area contributed by atoms with Gasteiger partial charge in [0.15, 0.2) is 0 Å². The molecule has 35 heavy (non-hydrogen) atoms. The van der Waals surface area contributed by atoms with E-state index in [1.807, 2.05) is 48.5 Å². The Kier molecular flexibility index (Phi) is 10.4. The molecule has 0 unspecified atom stereocenters. The second-order valence-electron chi connectivity index (χ2n) is 7.08. The predicted molar refractivity (Wildman–Crippen MR) is 181 cm³/mol. The molecule has 0 aliphatic rings. The van der Waals surface area contributed by atoms with Crippen LogP contribution in [0.25, 0.3) is 22.3 Å². The van der Waals surface area contributed by atoms with Crippen LogP contribution in [0.15, 0.2) is 93.3 Å². The summed E-state index contributed by atoms with van der Waals surface area (Å²) in [4.78, 5) is 0. The molecule has 0 spiro atoms. The van der Waals surface area contributed by atoms with Gasteiger partial charge in [-0.3, -0.25) is 0 Å². The van der Waals surface area contributed by atoms with Crippen molar-refractivity contribution in [2.24, 2.45) is 0 Å². The monoisotopic (exact) mass is 1100 g/mol. The van der Waals surface area contributed by atoms with Crippen LogP contribution < -0.4 is 4.74 Å². The Morgan fingerprint density at radius 1 is 0.371 bits per heavy atom. The third-order valence-electron chi connectivity index (χ3n) is 4.89. The molecule has 0 bridgehead atoms. The number of ether oxygens (including phenoxy) is 1. The molecule has 0 aromatic heterocycles. The number of rotatable bonds is 4.